The zero-order valence-electron chi connectivity index (χ0n) is 18.3. The molecule has 0 unspecified atom stereocenters. The number of nitrogens with one attached hydrogen (secondary N) is 1. The van der Waals surface area contributed by atoms with E-state index in [9.17, 15) is 8.42 Å². The fourth-order valence-corrected chi connectivity index (χ4v) is 4.86. The molecule has 164 valence electrons. The second-order valence-electron chi connectivity index (χ2n) is 8.32. The van der Waals surface area contributed by atoms with Crippen molar-refractivity contribution in [2.75, 3.05) is 26.2 Å². The summed E-state index contributed by atoms with van der Waals surface area (Å²) in [6.07, 6.45) is 3.77. The number of hydrogen-bond donors (Lipinski definition) is 1. The molecule has 3 rings (SSSR count). The number of ether oxygens (including phenoxy) is 1. The lowest BCUT2D eigenvalue weighted by atomic mass is 10.0. The monoisotopic (exact) mass is 430 g/mol. The molecule has 1 N–H and O–H groups in total. The molecule has 0 amide bonds. The van der Waals surface area contributed by atoms with Gasteiger partial charge in [0.15, 0.2) is 0 Å². The fraction of sp³-hybridized carbons (Fsp3) is 0.500. The van der Waals surface area contributed by atoms with Crippen molar-refractivity contribution in [3.63, 3.8) is 0 Å². The molecule has 1 heterocycles. The molecule has 1 aliphatic rings. The summed E-state index contributed by atoms with van der Waals surface area (Å²) in [5.74, 6) is 0. The molecule has 0 aromatic heterocycles. The molecule has 1 aliphatic heterocycles. The van der Waals surface area contributed by atoms with Crippen LogP contribution in [0.2, 0.25) is 0 Å². The Morgan fingerprint density at radius 2 is 1.70 bits per heavy atom. The minimum Gasteiger partial charge on any atom is -0.377 e. The predicted octanol–water partition coefficient (Wildman–Crippen LogP) is 4.08. The van der Waals surface area contributed by atoms with Gasteiger partial charge in [-0.05, 0) is 75.4 Å². The Kier molecular flexibility index (Phi) is 8.06. The fourth-order valence-electron chi connectivity index (χ4n) is 3.84. The van der Waals surface area contributed by atoms with Crippen molar-refractivity contribution in [3.05, 3.63) is 54.1 Å². The first-order chi connectivity index (χ1) is 14.3. The maximum absolute atomic E-state index is 12.4. The standard InChI is InChI=1S/C24H34N2O3S/c1-19(2)29-18-15-25-30(27,28)24-12-10-23(11-13-24)22-8-6-21(7-9-22)14-17-26-16-4-5-20(26)3/h6-13,19-20,25H,4-5,14-18H2,1-3H3/t20-/m1/s1. The molecule has 0 saturated carbocycles. The molecule has 30 heavy (non-hydrogen) atoms. The Bertz CT molecular complexity index is 893. The minimum atomic E-state index is -3.52. The van der Waals surface area contributed by atoms with Crippen molar-refractivity contribution in [1.82, 2.24) is 9.62 Å². The summed E-state index contributed by atoms with van der Waals surface area (Å²) >= 11 is 0. The van der Waals surface area contributed by atoms with Gasteiger partial charge in [0.2, 0.25) is 10.0 Å². The Morgan fingerprint density at radius 3 is 2.27 bits per heavy atom. The van der Waals surface area contributed by atoms with E-state index in [1.807, 2.05) is 26.0 Å². The summed E-state index contributed by atoms with van der Waals surface area (Å²) in [6, 6.07) is 16.3. The van der Waals surface area contributed by atoms with Gasteiger partial charge in [-0.15, -0.1) is 0 Å². The van der Waals surface area contributed by atoms with E-state index in [-0.39, 0.29) is 17.5 Å². The Balaban J connectivity index is 1.56. The normalized spacial score (nSPS) is 17.7. The molecule has 1 fully saturated rings. The van der Waals surface area contributed by atoms with Crippen LogP contribution in [-0.2, 0) is 21.2 Å². The second-order valence-corrected chi connectivity index (χ2v) is 10.1. The van der Waals surface area contributed by atoms with Crippen LogP contribution in [0.4, 0.5) is 0 Å². The van der Waals surface area contributed by atoms with Gasteiger partial charge in [-0.3, -0.25) is 0 Å². The number of nitrogens with zero attached hydrogens (tertiary/aromatic N) is 1. The SMILES string of the molecule is CC(C)OCCNS(=O)(=O)c1ccc(-c2ccc(CCN3CCC[C@H]3C)cc2)cc1. The van der Waals surface area contributed by atoms with Crippen LogP contribution in [0, 0.1) is 0 Å². The van der Waals surface area contributed by atoms with E-state index in [4.69, 9.17) is 4.74 Å². The van der Waals surface area contributed by atoms with Crippen LogP contribution in [0.3, 0.4) is 0 Å². The largest absolute Gasteiger partial charge is 0.377 e. The highest BCUT2D eigenvalue weighted by Crippen LogP contribution is 2.23. The van der Waals surface area contributed by atoms with Crippen LogP contribution in [0.25, 0.3) is 11.1 Å². The van der Waals surface area contributed by atoms with Gasteiger partial charge in [-0.2, -0.15) is 0 Å². The molecule has 2 aromatic carbocycles. The molecule has 2 aromatic rings. The van der Waals surface area contributed by atoms with Crippen molar-refractivity contribution in [2.45, 2.75) is 57.1 Å². The van der Waals surface area contributed by atoms with Gasteiger partial charge >= 0.3 is 0 Å². The second kappa shape index (κ2) is 10.5. The zero-order chi connectivity index (χ0) is 21.6. The molecule has 5 nitrogen and oxygen atoms in total. The molecular weight excluding hydrogens is 396 g/mol. The van der Waals surface area contributed by atoms with Gasteiger partial charge in [0.25, 0.3) is 0 Å². The smallest absolute Gasteiger partial charge is 0.240 e. The predicted molar refractivity (Wildman–Crippen MR) is 122 cm³/mol. The highest BCUT2D eigenvalue weighted by Gasteiger charge is 2.19. The minimum absolute atomic E-state index is 0.0870. The summed E-state index contributed by atoms with van der Waals surface area (Å²) in [7, 11) is -3.52. The summed E-state index contributed by atoms with van der Waals surface area (Å²) < 4.78 is 32.8. The van der Waals surface area contributed by atoms with Crippen LogP contribution in [0.5, 0.6) is 0 Å². The van der Waals surface area contributed by atoms with E-state index < -0.39 is 10.0 Å². The molecular formula is C24H34N2O3S. The zero-order valence-corrected chi connectivity index (χ0v) is 19.1. The molecule has 0 spiro atoms. The average molecular weight is 431 g/mol. The molecule has 0 aliphatic carbocycles. The van der Waals surface area contributed by atoms with Crippen LogP contribution in [-0.4, -0.2) is 51.7 Å². The Morgan fingerprint density at radius 1 is 1.07 bits per heavy atom. The van der Waals surface area contributed by atoms with E-state index in [0.29, 0.717) is 12.6 Å². The maximum atomic E-state index is 12.4. The van der Waals surface area contributed by atoms with Crippen molar-refractivity contribution >= 4 is 10.0 Å². The first kappa shape index (κ1) is 22.9. The summed E-state index contributed by atoms with van der Waals surface area (Å²) in [5.41, 5.74) is 3.44. The van der Waals surface area contributed by atoms with Crippen LogP contribution < -0.4 is 4.72 Å². The highest BCUT2D eigenvalue weighted by molar-refractivity contribution is 7.89. The van der Waals surface area contributed by atoms with E-state index in [0.717, 1.165) is 24.1 Å². The highest BCUT2D eigenvalue weighted by atomic mass is 32.2. The lowest BCUT2D eigenvalue weighted by Gasteiger charge is -2.20. The maximum Gasteiger partial charge on any atom is 0.240 e. The average Bonchev–Trinajstić information content (AvgIpc) is 3.15. The third-order valence-electron chi connectivity index (χ3n) is 5.68. The van der Waals surface area contributed by atoms with Gasteiger partial charge in [0.05, 0.1) is 17.6 Å². The van der Waals surface area contributed by atoms with Gasteiger partial charge in [-0.1, -0.05) is 36.4 Å². The third kappa shape index (κ3) is 6.38. The first-order valence-electron chi connectivity index (χ1n) is 10.9. The van der Waals surface area contributed by atoms with Crippen molar-refractivity contribution < 1.29 is 13.2 Å². The molecule has 0 radical (unpaired) electrons. The number of sulfonamides is 1. The molecule has 6 heteroatoms. The first-order valence-corrected chi connectivity index (χ1v) is 12.4. The van der Waals surface area contributed by atoms with Crippen LogP contribution in [0.15, 0.2) is 53.4 Å². The molecule has 0 bridgehead atoms. The lowest BCUT2D eigenvalue weighted by molar-refractivity contribution is 0.0834. The Hall–Kier alpha value is -1.73. The molecule has 1 saturated heterocycles. The number of likely N-dealkylation sites (tertiary alicyclic amines) is 1. The van der Waals surface area contributed by atoms with Crippen LogP contribution >= 0.6 is 0 Å². The van der Waals surface area contributed by atoms with Gasteiger partial charge in [0, 0.05) is 19.1 Å². The van der Waals surface area contributed by atoms with Crippen molar-refractivity contribution in [2.24, 2.45) is 0 Å². The quantitative estimate of drug-likeness (QED) is 0.577. The van der Waals surface area contributed by atoms with Crippen LogP contribution in [0.1, 0.15) is 39.2 Å². The van der Waals surface area contributed by atoms with E-state index in [1.54, 1.807) is 12.1 Å². The van der Waals surface area contributed by atoms with E-state index in [1.165, 1.54) is 24.9 Å². The summed E-state index contributed by atoms with van der Waals surface area (Å²) in [4.78, 5) is 2.84. The van der Waals surface area contributed by atoms with Gasteiger partial charge in [-0.25, -0.2) is 13.1 Å². The van der Waals surface area contributed by atoms with Crippen molar-refractivity contribution in [3.8, 4) is 11.1 Å². The summed E-state index contributed by atoms with van der Waals surface area (Å²) in [6.45, 7) is 9.12. The number of rotatable bonds is 10. The van der Waals surface area contributed by atoms with Gasteiger partial charge in [0.1, 0.15) is 0 Å². The number of hydrogen-bond acceptors (Lipinski definition) is 4. The topological polar surface area (TPSA) is 58.6 Å². The lowest BCUT2D eigenvalue weighted by Crippen LogP contribution is -2.28. The molecule has 1 atom stereocenters. The number of benzene rings is 2. The summed E-state index contributed by atoms with van der Waals surface area (Å²) in [5, 5.41) is 0. The van der Waals surface area contributed by atoms with Crippen molar-refractivity contribution in [1.29, 1.82) is 0 Å². The van der Waals surface area contributed by atoms with E-state index in [2.05, 4.69) is 40.8 Å². The third-order valence-corrected chi connectivity index (χ3v) is 7.15. The van der Waals surface area contributed by atoms with E-state index >= 15 is 0 Å². The van der Waals surface area contributed by atoms with Gasteiger partial charge < -0.3 is 9.64 Å². The Labute approximate surface area is 181 Å².